The van der Waals surface area contributed by atoms with Crippen molar-refractivity contribution in [2.24, 2.45) is 23.7 Å². The zero-order chi connectivity index (χ0) is 28.4. The molecule has 9 nitrogen and oxygen atoms in total. The average Bonchev–Trinajstić information content (AvgIpc) is 3.19. The van der Waals surface area contributed by atoms with Crippen LogP contribution in [-0.2, 0) is 32.2 Å². The Bertz CT molecular complexity index is 1110. The van der Waals surface area contributed by atoms with Crippen molar-refractivity contribution >= 4 is 23.8 Å². The Hall–Kier alpha value is -3.72. The van der Waals surface area contributed by atoms with Gasteiger partial charge in [-0.25, -0.2) is 10.3 Å². The maximum absolute atomic E-state index is 13.6. The van der Waals surface area contributed by atoms with Gasteiger partial charge in [0.2, 0.25) is 11.8 Å². The van der Waals surface area contributed by atoms with E-state index in [1.807, 2.05) is 88.4 Å². The van der Waals surface area contributed by atoms with E-state index in [1.165, 1.54) is 0 Å². The fourth-order valence-corrected chi connectivity index (χ4v) is 4.74. The lowest BCUT2D eigenvalue weighted by Crippen LogP contribution is -2.51. The second kappa shape index (κ2) is 14.4. The number of nitrogens with zero attached hydrogens (tertiary/aromatic N) is 1. The molecule has 2 aromatic carbocycles. The summed E-state index contributed by atoms with van der Waals surface area (Å²) in [5, 5.41) is 3.35. The van der Waals surface area contributed by atoms with Gasteiger partial charge in [0.05, 0.1) is 18.4 Å². The summed E-state index contributed by atoms with van der Waals surface area (Å²) in [4.78, 5) is 57.8. The molecule has 1 saturated heterocycles. The van der Waals surface area contributed by atoms with Gasteiger partial charge in [-0.1, -0.05) is 88.4 Å². The van der Waals surface area contributed by atoms with Crippen LogP contribution in [0.1, 0.15) is 58.1 Å². The molecular weight excluding hydrogens is 496 g/mol. The molecule has 39 heavy (non-hydrogen) atoms. The van der Waals surface area contributed by atoms with Gasteiger partial charge in [-0.05, 0) is 48.6 Å². The molecule has 3 rings (SSSR count). The van der Waals surface area contributed by atoms with Crippen LogP contribution in [0.5, 0.6) is 0 Å². The summed E-state index contributed by atoms with van der Waals surface area (Å²) >= 11 is 0. The lowest BCUT2D eigenvalue weighted by atomic mass is 9.81. The van der Waals surface area contributed by atoms with Crippen molar-refractivity contribution in [1.82, 2.24) is 21.2 Å². The minimum atomic E-state index is -0.778. The van der Waals surface area contributed by atoms with Crippen molar-refractivity contribution in [3.63, 3.8) is 0 Å². The number of imide groups is 1. The van der Waals surface area contributed by atoms with Gasteiger partial charge in [-0.15, -0.1) is 0 Å². The van der Waals surface area contributed by atoms with Crippen LogP contribution in [0.2, 0.25) is 0 Å². The molecule has 3 atom stereocenters. The number of amides is 5. The van der Waals surface area contributed by atoms with E-state index in [9.17, 15) is 19.2 Å². The van der Waals surface area contributed by atoms with Crippen molar-refractivity contribution in [3.05, 3.63) is 71.8 Å². The Balaban J connectivity index is 1.75. The summed E-state index contributed by atoms with van der Waals surface area (Å²) in [5.41, 5.74) is 7.09. The minimum Gasteiger partial charge on any atom is -0.324 e. The van der Waals surface area contributed by atoms with E-state index in [0.29, 0.717) is 19.3 Å². The number of rotatable bonds is 14. The van der Waals surface area contributed by atoms with Gasteiger partial charge in [-0.2, -0.15) is 5.01 Å². The molecule has 1 unspecified atom stereocenters. The van der Waals surface area contributed by atoms with Crippen molar-refractivity contribution in [3.8, 4) is 0 Å². The molecule has 9 heteroatoms. The first-order chi connectivity index (χ1) is 18.7. The van der Waals surface area contributed by atoms with E-state index >= 15 is 0 Å². The third-order valence-electron chi connectivity index (χ3n) is 6.82. The van der Waals surface area contributed by atoms with E-state index in [2.05, 4.69) is 16.2 Å². The van der Waals surface area contributed by atoms with Gasteiger partial charge in [-0.3, -0.25) is 24.6 Å². The monoisotopic (exact) mass is 536 g/mol. The molecule has 3 N–H and O–H groups in total. The Kier molecular flexibility index (Phi) is 11.0. The molecule has 0 aliphatic carbocycles. The first kappa shape index (κ1) is 29.8. The number of urea groups is 1. The van der Waals surface area contributed by atoms with Crippen molar-refractivity contribution in [1.29, 1.82) is 0 Å². The molecular formula is C30H40N4O5. The number of carbonyl (C=O) groups is 4. The molecule has 0 radical (unpaired) electrons. The number of hydrogen-bond donors (Lipinski definition) is 3. The van der Waals surface area contributed by atoms with Gasteiger partial charge >= 0.3 is 6.03 Å². The number of hydrogen-bond acceptors (Lipinski definition) is 5. The van der Waals surface area contributed by atoms with Crippen LogP contribution in [0.15, 0.2) is 60.7 Å². The second-order valence-corrected chi connectivity index (χ2v) is 10.8. The Morgan fingerprint density at radius 2 is 1.51 bits per heavy atom. The first-order valence-corrected chi connectivity index (χ1v) is 13.6. The SMILES string of the molecule is CC(C)C[C@@H](C(=O)NN1C(=O)NC(C(C)C)C1=O)[C@H](CCCc1ccccc1)C(=O)NOCc1ccccc1. The van der Waals surface area contributed by atoms with Crippen LogP contribution in [0.4, 0.5) is 4.79 Å². The zero-order valence-corrected chi connectivity index (χ0v) is 23.2. The molecule has 1 fully saturated rings. The predicted octanol–water partition coefficient (Wildman–Crippen LogP) is 4.14. The van der Waals surface area contributed by atoms with Crippen molar-refractivity contribution in [2.75, 3.05) is 0 Å². The zero-order valence-electron chi connectivity index (χ0n) is 23.2. The largest absolute Gasteiger partial charge is 0.344 e. The molecule has 2 aromatic rings. The maximum atomic E-state index is 13.6. The van der Waals surface area contributed by atoms with Gasteiger partial charge in [0.15, 0.2) is 0 Å². The van der Waals surface area contributed by atoms with Gasteiger partial charge < -0.3 is 5.32 Å². The molecule has 1 aliphatic heterocycles. The highest BCUT2D eigenvalue weighted by Gasteiger charge is 2.43. The van der Waals surface area contributed by atoms with Crippen LogP contribution in [0, 0.1) is 23.7 Å². The third-order valence-corrected chi connectivity index (χ3v) is 6.82. The standard InChI is InChI=1S/C30H40N4O5/c1-20(2)18-25(27(35)32-34-29(37)26(21(3)4)31-30(34)38)24(17-11-16-22-12-7-5-8-13-22)28(36)33-39-19-23-14-9-6-10-15-23/h5-10,12-15,20-21,24-26H,11,16-19H2,1-4H3,(H,31,38)(H,32,35)(H,33,36)/t24-,25+,26?/m0/s1. The normalized spacial score (nSPS) is 16.8. The molecule has 1 heterocycles. The van der Waals surface area contributed by atoms with Crippen LogP contribution < -0.4 is 16.2 Å². The molecule has 1 aliphatic rings. The number of hydrazine groups is 1. The topological polar surface area (TPSA) is 117 Å². The van der Waals surface area contributed by atoms with Gasteiger partial charge in [0.25, 0.3) is 5.91 Å². The second-order valence-electron chi connectivity index (χ2n) is 10.8. The molecule has 0 spiro atoms. The quantitative estimate of drug-likeness (QED) is 0.248. The van der Waals surface area contributed by atoms with Gasteiger partial charge in [0, 0.05) is 0 Å². The predicted molar refractivity (Wildman–Crippen MR) is 147 cm³/mol. The fraction of sp³-hybridized carbons (Fsp3) is 0.467. The summed E-state index contributed by atoms with van der Waals surface area (Å²) in [6.07, 6.45) is 2.23. The first-order valence-electron chi connectivity index (χ1n) is 13.6. The van der Waals surface area contributed by atoms with Crippen molar-refractivity contribution in [2.45, 2.75) is 66.0 Å². The van der Waals surface area contributed by atoms with E-state index in [1.54, 1.807) is 0 Å². The average molecular weight is 537 g/mol. The van der Waals surface area contributed by atoms with Crippen LogP contribution in [-0.4, -0.2) is 34.8 Å². The fourth-order valence-electron chi connectivity index (χ4n) is 4.74. The smallest absolute Gasteiger partial charge is 0.324 e. The molecule has 0 bridgehead atoms. The summed E-state index contributed by atoms with van der Waals surface area (Å²) in [6.45, 7) is 7.75. The Morgan fingerprint density at radius 1 is 0.897 bits per heavy atom. The summed E-state index contributed by atoms with van der Waals surface area (Å²) < 4.78 is 0. The van der Waals surface area contributed by atoms with Crippen LogP contribution in [0.3, 0.4) is 0 Å². The molecule has 0 aromatic heterocycles. The third kappa shape index (κ3) is 8.64. The van der Waals surface area contributed by atoms with Crippen molar-refractivity contribution < 1.29 is 24.0 Å². The molecule has 5 amide bonds. The number of benzene rings is 2. The highest BCUT2D eigenvalue weighted by atomic mass is 16.6. The lowest BCUT2D eigenvalue weighted by molar-refractivity contribution is -0.147. The van der Waals surface area contributed by atoms with E-state index < -0.39 is 41.6 Å². The summed E-state index contributed by atoms with van der Waals surface area (Å²) in [6, 6.07) is 18.0. The number of hydroxylamine groups is 1. The summed E-state index contributed by atoms with van der Waals surface area (Å²) in [7, 11) is 0. The Morgan fingerprint density at radius 3 is 2.08 bits per heavy atom. The van der Waals surface area contributed by atoms with E-state index in [-0.39, 0.29) is 18.4 Å². The maximum Gasteiger partial charge on any atom is 0.344 e. The highest BCUT2D eigenvalue weighted by molar-refractivity contribution is 6.05. The number of aryl methyl sites for hydroxylation is 1. The number of carbonyl (C=O) groups excluding carboxylic acids is 4. The minimum absolute atomic E-state index is 0.0851. The Labute approximate surface area is 230 Å². The van der Waals surface area contributed by atoms with Gasteiger partial charge in [0.1, 0.15) is 6.04 Å². The van der Waals surface area contributed by atoms with Crippen LogP contribution in [0.25, 0.3) is 0 Å². The summed E-state index contributed by atoms with van der Waals surface area (Å²) in [5.74, 6) is -3.01. The molecule has 0 saturated carbocycles. The molecule has 210 valence electrons. The lowest BCUT2D eigenvalue weighted by Gasteiger charge is -2.28. The highest BCUT2D eigenvalue weighted by Crippen LogP contribution is 2.27. The van der Waals surface area contributed by atoms with E-state index in [0.717, 1.165) is 22.6 Å². The van der Waals surface area contributed by atoms with E-state index in [4.69, 9.17) is 4.84 Å². The van der Waals surface area contributed by atoms with Crippen LogP contribution >= 0.6 is 0 Å². The number of nitrogens with one attached hydrogen (secondary N) is 3.